The summed E-state index contributed by atoms with van der Waals surface area (Å²) in [7, 11) is -3.69. The van der Waals surface area contributed by atoms with Crippen molar-refractivity contribution in [1.82, 2.24) is 9.73 Å². The Hall–Kier alpha value is -2.09. The van der Waals surface area contributed by atoms with Gasteiger partial charge in [0.15, 0.2) is 0 Å². The molecule has 1 fully saturated rings. The molecule has 1 aromatic rings. The average molecular weight is 283 g/mol. The molecule has 0 aliphatic carbocycles. The van der Waals surface area contributed by atoms with Crippen LogP contribution in [0.1, 0.15) is 5.56 Å². The molecule has 0 bridgehead atoms. The van der Waals surface area contributed by atoms with Crippen LogP contribution in [0.5, 0.6) is 0 Å². The van der Waals surface area contributed by atoms with Crippen LogP contribution in [0.3, 0.4) is 0 Å². The van der Waals surface area contributed by atoms with E-state index in [1.54, 1.807) is 12.1 Å². The zero-order chi connectivity index (χ0) is 14.0. The number of benzene rings is 1. The lowest BCUT2D eigenvalue weighted by atomic mass is 10.2. The molecule has 1 saturated heterocycles. The number of sulfonamides is 1. The Morgan fingerprint density at radius 3 is 2.42 bits per heavy atom. The highest BCUT2D eigenvalue weighted by Gasteiger charge is 2.26. The zero-order valence-corrected chi connectivity index (χ0v) is 11.0. The second-order valence-corrected chi connectivity index (χ2v) is 5.89. The maximum Gasteiger partial charge on any atom is 0.407 e. The van der Waals surface area contributed by atoms with Gasteiger partial charge in [0.05, 0.1) is 23.7 Å². The summed E-state index contributed by atoms with van der Waals surface area (Å²) in [5.74, 6) is 0. The van der Waals surface area contributed by atoms with Gasteiger partial charge in [-0.05, 0) is 19.1 Å². The number of amides is 1. The van der Waals surface area contributed by atoms with Crippen LogP contribution < -0.4 is 4.83 Å². The van der Waals surface area contributed by atoms with Crippen molar-refractivity contribution in [3.05, 3.63) is 29.8 Å². The second kappa shape index (κ2) is 4.88. The molecule has 0 aromatic heterocycles. The third-order valence-corrected chi connectivity index (χ3v) is 3.90. The smallest absolute Gasteiger partial charge is 0.407 e. The molecular weight excluding hydrogens is 270 g/mol. The Morgan fingerprint density at radius 1 is 1.32 bits per heavy atom. The number of rotatable bonds is 3. The van der Waals surface area contributed by atoms with Gasteiger partial charge in [-0.15, -0.1) is 0 Å². The van der Waals surface area contributed by atoms with Gasteiger partial charge in [0.2, 0.25) is 0 Å². The molecule has 0 radical (unpaired) electrons. The SMILES string of the molecule is Cc1ccc(S(=O)(=O)NN=C2CN(C(=O)O)C2)cc1. The number of hydrazone groups is 1. The molecule has 8 heteroatoms. The predicted molar refractivity (Wildman–Crippen MR) is 68.5 cm³/mol. The number of hydrogen-bond donors (Lipinski definition) is 2. The van der Waals surface area contributed by atoms with Gasteiger partial charge >= 0.3 is 6.09 Å². The molecular formula is C11H13N3O4S. The first-order valence-corrected chi connectivity index (χ1v) is 6.98. The van der Waals surface area contributed by atoms with E-state index in [-0.39, 0.29) is 18.0 Å². The Bertz CT molecular complexity index is 614. The monoisotopic (exact) mass is 283 g/mol. The van der Waals surface area contributed by atoms with E-state index in [9.17, 15) is 13.2 Å². The maximum atomic E-state index is 11.9. The van der Waals surface area contributed by atoms with E-state index < -0.39 is 16.1 Å². The molecule has 1 aliphatic rings. The van der Waals surface area contributed by atoms with Crippen LogP contribution in [-0.2, 0) is 10.0 Å². The van der Waals surface area contributed by atoms with Crippen molar-refractivity contribution in [2.24, 2.45) is 5.10 Å². The summed E-state index contributed by atoms with van der Waals surface area (Å²) in [6, 6.07) is 6.36. The fourth-order valence-corrected chi connectivity index (χ4v) is 2.34. The van der Waals surface area contributed by atoms with Crippen molar-refractivity contribution in [1.29, 1.82) is 0 Å². The summed E-state index contributed by atoms with van der Waals surface area (Å²) in [6.45, 7) is 2.12. The van der Waals surface area contributed by atoms with Gasteiger partial charge in [0.25, 0.3) is 10.0 Å². The molecule has 2 rings (SSSR count). The average Bonchev–Trinajstić information content (AvgIpc) is 2.26. The van der Waals surface area contributed by atoms with Crippen LogP contribution in [0.4, 0.5) is 4.79 Å². The van der Waals surface area contributed by atoms with Crippen molar-refractivity contribution in [3.8, 4) is 0 Å². The summed E-state index contributed by atoms with van der Waals surface area (Å²) in [5.41, 5.74) is 1.44. The van der Waals surface area contributed by atoms with Crippen LogP contribution in [0.25, 0.3) is 0 Å². The summed E-state index contributed by atoms with van der Waals surface area (Å²) < 4.78 is 23.7. The van der Waals surface area contributed by atoms with Crippen LogP contribution in [-0.4, -0.2) is 43.3 Å². The Kier molecular flexibility index (Phi) is 3.43. The molecule has 2 N–H and O–H groups in total. The van der Waals surface area contributed by atoms with Gasteiger partial charge in [-0.2, -0.15) is 18.4 Å². The van der Waals surface area contributed by atoms with Crippen LogP contribution in [0, 0.1) is 6.92 Å². The van der Waals surface area contributed by atoms with Crippen molar-refractivity contribution < 1.29 is 18.3 Å². The number of likely N-dealkylation sites (tertiary alicyclic amines) is 1. The van der Waals surface area contributed by atoms with Gasteiger partial charge in [-0.25, -0.2) is 4.79 Å². The lowest BCUT2D eigenvalue weighted by Crippen LogP contribution is -2.50. The van der Waals surface area contributed by atoms with E-state index in [0.717, 1.165) is 10.5 Å². The van der Waals surface area contributed by atoms with E-state index >= 15 is 0 Å². The van der Waals surface area contributed by atoms with Gasteiger partial charge in [0.1, 0.15) is 0 Å². The predicted octanol–water partition coefficient (Wildman–Crippen LogP) is 0.623. The van der Waals surface area contributed by atoms with Gasteiger partial charge in [-0.1, -0.05) is 17.7 Å². The Morgan fingerprint density at radius 2 is 1.89 bits per heavy atom. The number of carboxylic acid groups (broad SMARTS) is 1. The van der Waals surface area contributed by atoms with E-state index in [0.29, 0.717) is 5.71 Å². The van der Waals surface area contributed by atoms with Crippen molar-refractivity contribution in [3.63, 3.8) is 0 Å². The lowest BCUT2D eigenvalue weighted by Gasteiger charge is -2.29. The first-order valence-electron chi connectivity index (χ1n) is 5.50. The normalized spacial score (nSPS) is 14.8. The van der Waals surface area contributed by atoms with Gasteiger partial charge in [-0.3, -0.25) is 4.90 Å². The minimum Gasteiger partial charge on any atom is -0.465 e. The van der Waals surface area contributed by atoms with Crippen LogP contribution >= 0.6 is 0 Å². The first kappa shape index (κ1) is 13.3. The molecule has 1 amide bonds. The molecule has 7 nitrogen and oxygen atoms in total. The summed E-state index contributed by atoms with van der Waals surface area (Å²) >= 11 is 0. The van der Waals surface area contributed by atoms with Crippen LogP contribution in [0.15, 0.2) is 34.3 Å². The zero-order valence-electron chi connectivity index (χ0n) is 10.2. The number of nitrogens with one attached hydrogen (secondary N) is 1. The van der Waals surface area contributed by atoms with Crippen molar-refractivity contribution >= 4 is 21.8 Å². The first-order chi connectivity index (χ1) is 8.88. The molecule has 0 saturated carbocycles. The molecule has 19 heavy (non-hydrogen) atoms. The maximum absolute atomic E-state index is 11.9. The van der Waals surface area contributed by atoms with Crippen molar-refractivity contribution in [2.75, 3.05) is 13.1 Å². The van der Waals surface area contributed by atoms with Gasteiger partial charge < -0.3 is 5.11 Å². The minimum absolute atomic E-state index is 0.122. The summed E-state index contributed by atoms with van der Waals surface area (Å²) in [5, 5.41) is 12.3. The van der Waals surface area contributed by atoms with E-state index in [1.807, 2.05) is 6.92 Å². The Balaban J connectivity index is 2.01. The summed E-state index contributed by atoms with van der Waals surface area (Å²) in [4.78, 5) is 13.9. The Labute approximate surface area is 110 Å². The highest BCUT2D eigenvalue weighted by atomic mass is 32.2. The standard InChI is InChI=1S/C11H13N3O4S/c1-8-2-4-10(5-3-8)19(17,18)13-12-9-6-14(7-9)11(15)16/h2-5,13H,6-7H2,1H3,(H,15,16). The highest BCUT2D eigenvalue weighted by Crippen LogP contribution is 2.10. The van der Waals surface area contributed by atoms with E-state index in [2.05, 4.69) is 9.93 Å². The van der Waals surface area contributed by atoms with Crippen molar-refractivity contribution in [2.45, 2.75) is 11.8 Å². The number of aryl methyl sites for hydroxylation is 1. The largest absolute Gasteiger partial charge is 0.465 e. The molecule has 0 spiro atoms. The molecule has 1 aromatic carbocycles. The second-order valence-electron chi connectivity index (χ2n) is 4.22. The van der Waals surface area contributed by atoms with E-state index in [1.165, 1.54) is 12.1 Å². The fraction of sp³-hybridized carbons (Fsp3) is 0.273. The molecule has 0 unspecified atom stereocenters. The number of carbonyl (C=O) groups is 1. The number of nitrogens with zero attached hydrogens (tertiary/aromatic N) is 2. The third kappa shape index (κ3) is 3.02. The van der Waals surface area contributed by atoms with Crippen LogP contribution in [0.2, 0.25) is 0 Å². The highest BCUT2D eigenvalue weighted by molar-refractivity contribution is 7.89. The summed E-state index contributed by atoms with van der Waals surface area (Å²) in [6.07, 6.45) is -1.04. The molecule has 0 atom stereocenters. The molecule has 1 aliphatic heterocycles. The number of hydrogen-bond acceptors (Lipinski definition) is 4. The molecule has 102 valence electrons. The fourth-order valence-electron chi connectivity index (χ4n) is 1.50. The third-order valence-electron chi connectivity index (χ3n) is 2.67. The van der Waals surface area contributed by atoms with E-state index in [4.69, 9.17) is 5.11 Å². The quantitative estimate of drug-likeness (QED) is 0.794. The van der Waals surface area contributed by atoms with Gasteiger partial charge in [0, 0.05) is 0 Å². The minimum atomic E-state index is -3.69. The lowest BCUT2D eigenvalue weighted by molar-refractivity contribution is 0.149. The molecule has 1 heterocycles. The topological polar surface area (TPSA) is 99.1 Å².